The van der Waals surface area contributed by atoms with Gasteiger partial charge in [-0.15, -0.1) is 12.4 Å². The lowest BCUT2D eigenvalue weighted by atomic mass is 9.70. The third-order valence-electron chi connectivity index (χ3n) is 5.12. The van der Waals surface area contributed by atoms with Gasteiger partial charge in [-0.05, 0) is 52.3 Å². The Morgan fingerprint density at radius 3 is 2.41 bits per heavy atom. The second kappa shape index (κ2) is 10.8. The van der Waals surface area contributed by atoms with Crippen LogP contribution < -0.4 is 10.5 Å². The van der Waals surface area contributed by atoms with E-state index in [2.05, 4.69) is 0 Å². The van der Waals surface area contributed by atoms with Crippen LogP contribution in [0.4, 0.5) is 4.39 Å². The minimum absolute atomic E-state index is 0. The van der Waals surface area contributed by atoms with Gasteiger partial charge in [0.2, 0.25) is 5.91 Å². The van der Waals surface area contributed by atoms with E-state index in [0.717, 1.165) is 0 Å². The molecule has 1 amide bonds. The molecule has 29 heavy (non-hydrogen) atoms. The summed E-state index contributed by atoms with van der Waals surface area (Å²) < 4.78 is 37.2. The van der Waals surface area contributed by atoms with Gasteiger partial charge in [-0.2, -0.15) is 0 Å². The van der Waals surface area contributed by atoms with E-state index in [4.69, 9.17) is 36.1 Å². The lowest BCUT2D eigenvalue weighted by Gasteiger charge is -2.32. The molecule has 0 aromatic heterocycles. The van der Waals surface area contributed by atoms with Gasteiger partial charge in [0.05, 0.1) is 24.4 Å². The van der Waals surface area contributed by atoms with Crippen molar-refractivity contribution in [3.63, 3.8) is 0 Å². The smallest absolute Gasteiger partial charge is 0.463 e. The highest BCUT2D eigenvalue weighted by Gasteiger charge is 2.53. The largest absolute Gasteiger partial charge is 0.491 e. The number of hydrogen-bond donors (Lipinski definition) is 1. The summed E-state index contributed by atoms with van der Waals surface area (Å²) in [5.74, 6) is -0.970. The van der Waals surface area contributed by atoms with Crippen LogP contribution in [-0.2, 0) is 18.8 Å². The van der Waals surface area contributed by atoms with E-state index < -0.39 is 30.0 Å². The zero-order valence-electron chi connectivity index (χ0n) is 17.2. The normalized spacial score (nSPS) is 18.2. The highest BCUT2D eigenvalue weighted by atomic mass is 35.5. The van der Waals surface area contributed by atoms with Crippen molar-refractivity contribution in [1.29, 1.82) is 0 Å². The zero-order valence-corrected chi connectivity index (χ0v) is 18.8. The molecule has 6 nitrogen and oxygen atoms in total. The summed E-state index contributed by atoms with van der Waals surface area (Å²) in [5.41, 5.74) is 4.18. The molecule has 0 unspecified atom stereocenters. The highest BCUT2D eigenvalue weighted by Crippen LogP contribution is 2.40. The van der Waals surface area contributed by atoms with Crippen LogP contribution in [0, 0.1) is 5.82 Å². The molecule has 1 heterocycles. The number of halogens is 3. The standard InChI is InChI=1S/C19H28BClFNO5.ClH/c1-18(2)19(3,4)28-20(27-18)13(12-25-9-8-17(23)24)7-10-26-16-6-5-14(21)11-15(16)22;/h5-6,11,13H,7-10,12H2,1-4H3,(H2,23,24);1H/t13-;/m0./s1. The first kappa shape index (κ1) is 26.0. The first-order chi connectivity index (χ1) is 13.0. The van der Waals surface area contributed by atoms with E-state index in [1.54, 1.807) is 6.07 Å². The van der Waals surface area contributed by atoms with Crippen LogP contribution in [0.5, 0.6) is 5.75 Å². The monoisotopic (exact) mass is 451 g/mol. The lowest BCUT2D eigenvalue weighted by molar-refractivity contribution is -0.119. The third-order valence-corrected chi connectivity index (χ3v) is 5.36. The second-order valence-electron chi connectivity index (χ2n) is 7.89. The van der Waals surface area contributed by atoms with Gasteiger partial charge in [0.15, 0.2) is 11.6 Å². The van der Waals surface area contributed by atoms with E-state index in [9.17, 15) is 9.18 Å². The predicted octanol–water partition coefficient (Wildman–Crippen LogP) is 4.02. The molecule has 0 spiro atoms. The van der Waals surface area contributed by atoms with Crippen LogP contribution in [0.25, 0.3) is 0 Å². The number of primary amides is 1. The van der Waals surface area contributed by atoms with Crippen molar-refractivity contribution in [2.24, 2.45) is 5.73 Å². The van der Waals surface area contributed by atoms with Crippen molar-refractivity contribution in [2.75, 3.05) is 19.8 Å². The number of ether oxygens (including phenoxy) is 2. The van der Waals surface area contributed by atoms with Gasteiger partial charge in [-0.3, -0.25) is 4.79 Å². The molecule has 1 aliphatic rings. The molecule has 1 saturated heterocycles. The Hall–Kier alpha value is -1.06. The molecule has 1 atom stereocenters. The van der Waals surface area contributed by atoms with E-state index in [1.807, 2.05) is 27.7 Å². The van der Waals surface area contributed by atoms with Crippen LogP contribution in [0.3, 0.4) is 0 Å². The zero-order chi connectivity index (χ0) is 20.9. The van der Waals surface area contributed by atoms with Crippen molar-refractivity contribution in [2.45, 2.75) is 57.6 Å². The van der Waals surface area contributed by atoms with E-state index in [1.165, 1.54) is 12.1 Å². The van der Waals surface area contributed by atoms with Crippen molar-refractivity contribution < 1.29 is 28.0 Å². The molecule has 1 aromatic carbocycles. The first-order valence-corrected chi connectivity index (χ1v) is 9.69. The molecule has 164 valence electrons. The van der Waals surface area contributed by atoms with Gasteiger partial charge in [0, 0.05) is 23.9 Å². The Labute approximate surface area is 183 Å². The van der Waals surface area contributed by atoms with Gasteiger partial charge in [0.25, 0.3) is 0 Å². The molecule has 10 heteroatoms. The fourth-order valence-corrected chi connectivity index (χ4v) is 2.86. The number of carbonyl (C=O) groups is 1. The highest BCUT2D eigenvalue weighted by molar-refractivity contribution is 6.47. The summed E-state index contributed by atoms with van der Waals surface area (Å²) in [5, 5.41) is 0.308. The van der Waals surface area contributed by atoms with Crippen molar-refractivity contribution in [1.82, 2.24) is 0 Å². The maximum atomic E-state index is 13.9. The molecule has 2 rings (SSSR count). The Kier molecular flexibility index (Phi) is 9.69. The number of rotatable bonds is 10. The Morgan fingerprint density at radius 2 is 1.86 bits per heavy atom. The molecule has 0 aliphatic carbocycles. The number of benzene rings is 1. The minimum Gasteiger partial charge on any atom is -0.491 e. The summed E-state index contributed by atoms with van der Waals surface area (Å²) in [6, 6.07) is 4.26. The second-order valence-corrected chi connectivity index (χ2v) is 8.32. The summed E-state index contributed by atoms with van der Waals surface area (Å²) >= 11 is 5.76. The number of nitrogens with two attached hydrogens (primary N) is 1. The Balaban J connectivity index is 0.00000420. The van der Waals surface area contributed by atoms with Crippen molar-refractivity contribution in [3.8, 4) is 5.75 Å². The number of amides is 1. The van der Waals surface area contributed by atoms with Crippen molar-refractivity contribution >= 4 is 37.0 Å². The maximum absolute atomic E-state index is 13.9. The summed E-state index contributed by atoms with van der Waals surface area (Å²) in [7, 11) is -0.503. The molecule has 0 saturated carbocycles. The fourth-order valence-electron chi connectivity index (χ4n) is 2.70. The van der Waals surface area contributed by atoms with Crippen LogP contribution in [0.15, 0.2) is 18.2 Å². The molecule has 1 aromatic rings. The van der Waals surface area contributed by atoms with E-state index in [0.29, 0.717) is 18.1 Å². The molecule has 2 N–H and O–H groups in total. The lowest BCUT2D eigenvalue weighted by Crippen LogP contribution is -2.41. The fraction of sp³-hybridized carbons (Fsp3) is 0.632. The molecule has 0 bridgehead atoms. The third kappa shape index (κ3) is 7.29. The van der Waals surface area contributed by atoms with Crippen LogP contribution in [0.2, 0.25) is 10.8 Å². The molecule has 1 fully saturated rings. The summed E-state index contributed by atoms with van der Waals surface area (Å²) in [6.07, 6.45) is 0.651. The topological polar surface area (TPSA) is 80.0 Å². The Bertz CT molecular complexity index is 677. The van der Waals surface area contributed by atoms with E-state index in [-0.39, 0.29) is 43.6 Å². The SMILES string of the molecule is CC1(C)OB([C@@H](CCOc2ccc(Cl)cc2F)COCCC(N)=O)OC1(C)C.Cl. The molecule has 1 aliphatic heterocycles. The van der Waals surface area contributed by atoms with Crippen molar-refractivity contribution in [3.05, 3.63) is 29.0 Å². The maximum Gasteiger partial charge on any atom is 0.463 e. The first-order valence-electron chi connectivity index (χ1n) is 9.31. The summed E-state index contributed by atoms with van der Waals surface area (Å²) in [4.78, 5) is 10.9. The van der Waals surface area contributed by atoms with Crippen LogP contribution in [0.1, 0.15) is 40.5 Å². The molecular formula is C19H29BCl2FNO5. The average Bonchev–Trinajstić information content (AvgIpc) is 2.79. The van der Waals surface area contributed by atoms with Gasteiger partial charge in [-0.1, -0.05) is 11.6 Å². The molecule has 0 radical (unpaired) electrons. The summed E-state index contributed by atoms with van der Waals surface area (Å²) in [6.45, 7) is 8.64. The average molecular weight is 452 g/mol. The van der Waals surface area contributed by atoms with Crippen LogP contribution >= 0.6 is 24.0 Å². The quantitative estimate of drug-likeness (QED) is 0.429. The van der Waals surface area contributed by atoms with Gasteiger partial charge >= 0.3 is 7.12 Å². The van der Waals surface area contributed by atoms with Gasteiger partial charge in [0.1, 0.15) is 0 Å². The van der Waals surface area contributed by atoms with Gasteiger partial charge < -0.3 is 24.5 Å². The number of hydrogen-bond acceptors (Lipinski definition) is 5. The number of carbonyl (C=O) groups excluding carboxylic acids is 1. The van der Waals surface area contributed by atoms with E-state index >= 15 is 0 Å². The molecular weight excluding hydrogens is 423 g/mol. The van der Waals surface area contributed by atoms with Gasteiger partial charge in [-0.25, -0.2) is 4.39 Å². The minimum atomic E-state index is -0.516. The van der Waals surface area contributed by atoms with Crippen LogP contribution in [-0.4, -0.2) is 44.0 Å². The predicted molar refractivity (Wildman–Crippen MR) is 113 cm³/mol. The Morgan fingerprint density at radius 1 is 1.24 bits per heavy atom.